The van der Waals surface area contributed by atoms with Crippen molar-refractivity contribution in [3.8, 4) is 39.1 Å². The number of nitrogens with zero attached hydrogens (tertiary/aromatic N) is 2. The quantitative estimate of drug-likeness (QED) is 0.168. The summed E-state index contributed by atoms with van der Waals surface area (Å²) in [5.41, 5.74) is 18.3. The molecule has 0 amide bonds. The van der Waals surface area contributed by atoms with Crippen LogP contribution in [0, 0.1) is 0 Å². The number of aromatic nitrogens is 1. The number of furan rings is 1. The minimum atomic E-state index is -0.237. The van der Waals surface area contributed by atoms with Crippen molar-refractivity contribution >= 4 is 60.8 Å². The summed E-state index contributed by atoms with van der Waals surface area (Å²) in [7, 11) is 0. The molecule has 12 rings (SSSR count). The van der Waals surface area contributed by atoms with E-state index in [2.05, 4.69) is 230 Å². The van der Waals surface area contributed by atoms with Crippen LogP contribution in [-0.2, 0) is 5.41 Å². The molecule has 0 saturated carbocycles. The standard InChI is InChI=1S/C57H40N2O/c1-57(2)46-27-12-9-23-42(46)43-26-16-32-51(56(43)57)59(47-28-13-10-22-40(47)37-18-5-3-6-19-37)50-31-17-33-53-55(50)45-36-38(34-35-52(45)60-53)41-25-15-30-49-54(41)44-24-11-14-29-48(44)58(49)39-20-7-4-8-21-39/h3-36H,1-2H3. The second kappa shape index (κ2) is 13.2. The Morgan fingerprint density at radius 2 is 1.05 bits per heavy atom. The highest BCUT2D eigenvalue weighted by Gasteiger charge is 2.39. The van der Waals surface area contributed by atoms with Crippen LogP contribution in [0.3, 0.4) is 0 Å². The molecule has 3 heteroatoms. The molecule has 9 aromatic carbocycles. The van der Waals surface area contributed by atoms with Gasteiger partial charge in [-0.2, -0.15) is 0 Å². The van der Waals surface area contributed by atoms with E-state index in [1.807, 2.05) is 0 Å². The van der Waals surface area contributed by atoms with Crippen LogP contribution in [0.5, 0.6) is 0 Å². The Bertz CT molecular complexity index is 3460. The SMILES string of the molecule is CC1(C)c2ccccc2-c2cccc(N(c3ccccc3-c3ccccc3)c3cccc4oc5ccc(-c6cccc7c6c6ccccc6n7-c6ccccc6)cc5c34)c21. The maximum absolute atomic E-state index is 6.79. The van der Waals surface area contributed by atoms with Gasteiger partial charge in [0.2, 0.25) is 0 Å². The normalized spacial score (nSPS) is 13.0. The van der Waals surface area contributed by atoms with E-state index in [-0.39, 0.29) is 5.41 Å². The molecule has 0 unspecified atom stereocenters. The lowest BCUT2D eigenvalue weighted by molar-refractivity contribution is 0.661. The lowest BCUT2D eigenvalue weighted by atomic mass is 9.81. The molecule has 1 aliphatic carbocycles. The molecule has 0 spiro atoms. The Hall–Kier alpha value is -7.62. The van der Waals surface area contributed by atoms with Gasteiger partial charge in [0.1, 0.15) is 11.2 Å². The Balaban J connectivity index is 1.14. The van der Waals surface area contributed by atoms with Gasteiger partial charge in [0.15, 0.2) is 0 Å². The number of para-hydroxylation sites is 3. The average molecular weight is 769 g/mol. The number of hydrogen-bond acceptors (Lipinski definition) is 2. The van der Waals surface area contributed by atoms with Crippen molar-refractivity contribution in [2.24, 2.45) is 0 Å². The lowest BCUT2D eigenvalue weighted by Crippen LogP contribution is -2.21. The van der Waals surface area contributed by atoms with Crippen LogP contribution < -0.4 is 4.90 Å². The first kappa shape index (κ1) is 34.4. The smallest absolute Gasteiger partial charge is 0.137 e. The summed E-state index contributed by atoms with van der Waals surface area (Å²) in [5, 5.41) is 4.64. The summed E-state index contributed by atoms with van der Waals surface area (Å²) in [6, 6.07) is 74.7. The lowest BCUT2D eigenvalue weighted by Gasteiger charge is -2.33. The summed E-state index contributed by atoms with van der Waals surface area (Å²) >= 11 is 0. The Morgan fingerprint density at radius 1 is 0.417 bits per heavy atom. The molecular formula is C57H40N2O. The number of benzene rings is 9. The number of hydrogen-bond donors (Lipinski definition) is 0. The minimum absolute atomic E-state index is 0.237. The molecule has 0 atom stereocenters. The van der Waals surface area contributed by atoms with Crippen molar-refractivity contribution in [2.75, 3.05) is 4.90 Å². The summed E-state index contributed by atoms with van der Waals surface area (Å²) < 4.78 is 9.18. The highest BCUT2D eigenvalue weighted by Crippen LogP contribution is 2.56. The molecule has 0 aliphatic heterocycles. The number of fused-ring (bicyclic) bond motifs is 9. The molecule has 2 heterocycles. The first-order chi connectivity index (χ1) is 29.6. The first-order valence-corrected chi connectivity index (χ1v) is 20.8. The third kappa shape index (κ3) is 5.02. The summed E-state index contributed by atoms with van der Waals surface area (Å²) in [4.78, 5) is 2.51. The summed E-state index contributed by atoms with van der Waals surface area (Å²) in [5.74, 6) is 0. The zero-order valence-electron chi connectivity index (χ0n) is 33.4. The van der Waals surface area contributed by atoms with E-state index in [1.54, 1.807) is 0 Å². The minimum Gasteiger partial charge on any atom is -0.456 e. The zero-order valence-corrected chi connectivity index (χ0v) is 33.4. The molecule has 0 radical (unpaired) electrons. The van der Waals surface area contributed by atoms with Crippen molar-refractivity contribution in [3.05, 3.63) is 217 Å². The van der Waals surface area contributed by atoms with E-state index < -0.39 is 0 Å². The monoisotopic (exact) mass is 768 g/mol. The molecule has 0 fully saturated rings. The summed E-state index contributed by atoms with van der Waals surface area (Å²) in [6.45, 7) is 4.75. The molecule has 0 bridgehead atoms. The van der Waals surface area contributed by atoms with E-state index in [1.165, 1.54) is 55.2 Å². The van der Waals surface area contributed by atoms with Crippen molar-refractivity contribution in [2.45, 2.75) is 19.3 Å². The molecule has 284 valence electrons. The molecule has 2 aromatic heterocycles. The highest BCUT2D eigenvalue weighted by molar-refractivity contribution is 6.18. The first-order valence-electron chi connectivity index (χ1n) is 20.8. The fraction of sp³-hybridized carbons (Fsp3) is 0.0526. The van der Waals surface area contributed by atoms with E-state index in [0.717, 1.165) is 55.8 Å². The second-order valence-electron chi connectivity index (χ2n) is 16.4. The van der Waals surface area contributed by atoms with Gasteiger partial charge in [0, 0.05) is 32.8 Å². The van der Waals surface area contributed by atoms with Crippen molar-refractivity contribution in [1.29, 1.82) is 0 Å². The van der Waals surface area contributed by atoms with Crippen LogP contribution in [0.25, 0.3) is 82.8 Å². The zero-order chi connectivity index (χ0) is 40.0. The predicted molar refractivity (Wildman–Crippen MR) is 251 cm³/mol. The van der Waals surface area contributed by atoms with Crippen molar-refractivity contribution in [3.63, 3.8) is 0 Å². The van der Waals surface area contributed by atoms with Gasteiger partial charge in [-0.1, -0.05) is 159 Å². The second-order valence-corrected chi connectivity index (χ2v) is 16.4. The molecule has 0 N–H and O–H groups in total. The fourth-order valence-electron chi connectivity index (χ4n) is 10.2. The Kier molecular flexibility index (Phi) is 7.58. The molecular weight excluding hydrogens is 729 g/mol. The fourth-order valence-corrected chi connectivity index (χ4v) is 10.2. The van der Waals surface area contributed by atoms with Gasteiger partial charge in [-0.05, 0) is 99.6 Å². The van der Waals surface area contributed by atoms with Crippen molar-refractivity contribution < 1.29 is 4.42 Å². The van der Waals surface area contributed by atoms with Crippen LogP contribution in [0.4, 0.5) is 17.1 Å². The van der Waals surface area contributed by atoms with Gasteiger partial charge < -0.3 is 13.9 Å². The predicted octanol–water partition coefficient (Wildman–Crippen LogP) is 15.8. The molecule has 60 heavy (non-hydrogen) atoms. The van der Waals surface area contributed by atoms with Crippen LogP contribution in [0.15, 0.2) is 211 Å². The van der Waals surface area contributed by atoms with Crippen LogP contribution in [-0.4, -0.2) is 4.57 Å². The number of rotatable bonds is 6. The topological polar surface area (TPSA) is 21.3 Å². The third-order valence-corrected chi connectivity index (χ3v) is 12.8. The van der Waals surface area contributed by atoms with E-state index in [4.69, 9.17) is 4.42 Å². The highest BCUT2D eigenvalue weighted by atomic mass is 16.3. The van der Waals surface area contributed by atoms with E-state index >= 15 is 0 Å². The van der Waals surface area contributed by atoms with Gasteiger partial charge in [-0.3, -0.25) is 0 Å². The van der Waals surface area contributed by atoms with Gasteiger partial charge in [0.05, 0.1) is 33.5 Å². The largest absolute Gasteiger partial charge is 0.456 e. The summed E-state index contributed by atoms with van der Waals surface area (Å²) in [6.07, 6.45) is 0. The van der Waals surface area contributed by atoms with E-state index in [0.29, 0.717) is 0 Å². The average Bonchev–Trinajstić information content (AvgIpc) is 3.93. The van der Waals surface area contributed by atoms with Crippen LogP contribution in [0.1, 0.15) is 25.0 Å². The van der Waals surface area contributed by atoms with Crippen LogP contribution in [0.2, 0.25) is 0 Å². The van der Waals surface area contributed by atoms with Gasteiger partial charge >= 0.3 is 0 Å². The van der Waals surface area contributed by atoms with Crippen LogP contribution >= 0.6 is 0 Å². The molecule has 1 aliphatic rings. The maximum Gasteiger partial charge on any atom is 0.137 e. The Labute approximate surface area is 349 Å². The van der Waals surface area contributed by atoms with Gasteiger partial charge in [0.25, 0.3) is 0 Å². The number of anilines is 3. The third-order valence-electron chi connectivity index (χ3n) is 12.8. The van der Waals surface area contributed by atoms with Crippen molar-refractivity contribution in [1.82, 2.24) is 4.57 Å². The van der Waals surface area contributed by atoms with Gasteiger partial charge in [-0.25, -0.2) is 0 Å². The molecule has 0 saturated heterocycles. The maximum atomic E-state index is 6.79. The molecule has 3 nitrogen and oxygen atoms in total. The Morgan fingerprint density at radius 3 is 1.92 bits per heavy atom. The van der Waals surface area contributed by atoms with Gasteiger partial charge in [-0.15, -0.1) is 0 Å². The van der Waals surface area contributed by atoms with E-state index in [9.17, 15) is 0 Å². The molecule has 11 aromatic rings.